The Balaban J connectivity index is 2.02. The normalized spacial score (nSPS) is 16.6. The van der Waals surface area contributed by atoms with Gasteiger partial charge in [-0.25, -0.2) is 0 Å². The second-order valence-corrected chi connectivity index (χ2v) is 6.43. The summed E-state index contributed by atoms with van der Waals surface area (Å²) in [5.41, 5.74) is 2.67. The van der Waals surface area contributed by atoms with E-state index in [4.69, 9.17) is 0 Å². The molecule has 1 N–H and O–H groups in total. The van der Waals surface area contributed by atoms with E-state index in [1.54, 1.807) is 0 Å². The average molecular weight is 275 g/mol. The van der Waals surface area contributed by atoms with Gasteiger partial charge in [0.15, 0.2) is 0 Å². The first-order chi connectivity index (χ1) is 9.68. The van der Waals surface area contributed by atoms with Crippen LogP contribution in [0, 0.1) is 5.92 Å². The molecule has 1 saturated carbocycles. The first kappa shape index (κ1) is 15.3. The first-order valence-electron chi connectivity index (χ1n) is 8.05. The van der Waals surface area contributed by atoms with Crippen LogP contribution in [0.1, 0.15) is 51.5 Å². The van der Waals surface area contributed by atoms with Gasteiger partial charge in [0.25, 0.3) is 0 Å². The van der Waals surface area contributed by atoms with Gasteiger partial charge in [0.2, 0.25) is 0 Å². The molecule has 0 saturated heterocycles. The van der Waals surface area contributed by atoms with Crippen LogP contribution in [0.5, 0.6) is 0 Å². The van der Waals surface area contributed by atoms with E-state index in [-0.39, 0.29) is 0 Å². The Kier molecular flexibility index (Phi) is 5.84. The van der Waals surface area contributed by atoms with E-state index in [1.165, 1.54) is 43.4 Å². The molecule has 0 spiro atoms. The van der Waals surface area contributed by atoms with Gasteiger partial charge in [-0.15, -0.1) is 0 Å². The Morgan fingerprint density at radius 1 is 1.30 bits per heavy atom. The molecule has 1 aromatic heterocycles. The predicted molar refractivity (Wildman–Crippen MR) is 86.1 cm³/mol. The minimum atomic E-state index is 0.686. The van der Waals surface area contributed by atoms with Crippen molar-refractivity contribution < 1.29 is 0 Å². The fourth-order valence-electron chi connectivity index (χ4n) is 3.06. The van der Waals surface area contributed by atoms with E-state index in [9.17, 15) is 0 Å². The van der Waals surface area contributed by atoms with Crippen LogP contribution in [0.4, 0.5) is 5.69 Å². The van der Waals surface area contributed by atoms with E-state index < -0.39 is 0 Å². The molecule has 3 heteroatoms. The number of aromatic nitrogens is 1. The molecule has 0 radical (unpaired) electrons. The number of hydrogen-bond acceptors (Lipinski definition) is 3. The lowest BCUT2D eigenvalue weighted by molar-refractivity contribution is 0.426. The van der Waals surface area contributed by atoms with E-state index in [2.05, 4.69) is 42.2 Å². The number of nitrogens with zero attached hydrogens (tertiary/aromatic N) is 2. The molecule has 1 aromatic rings. The Morgan fingerprint density at radius 3 is 2.75 bits per heavy atom. The highest BCUT2D eigenvalue weighted by atomic mass is 15.1. The molecule has 112 valence electrons. The Morgan fingerprint density at radius 2 is 2.05 bits per heavy atom. The Labute approximate surface area is 123 Å². The van der Waals surface area contributed by atoms with Gasteiger partial charge in [-0.2, -0.15) is 0 Å². The SMILES string of the molecule is CC(C)CNCc1cnccc1N(C)C1CCCCC1. The van der Waals surface area contributed by atoms with Crippen molar-refractivity contribution in [1.82, 2.24) is 10.3 Å². The van der Waals surface area contributed by atoms with Crippen molar-refractivity contribution in [2.24, 2.45) is 5.92 Å². The lowest BCUT2D eigenvalue weighted by Crippen LogP contribution is -2.34. The first-order valence-corrected chi connectivity index (χ1v) is 8.05. The number of rotatable bonds is 6. The largest absolute Gasteiger partial charge is 0.371 e. The van der Waals surface area contributed by atoms with Crippen molar-refractivity contribution in [3.63, 3.8) is 0 Å². The third kappa shape index (κ3) is 4.20. The van der Waals surface area contributed by atoms with Gasteiger partial charge in [0.05, 0.1) is 0 Å². The van der Waals surface area contributed by atoms with Crippen LogP contribution in [-0.4, -0.2) is 24.6 Å². The average Bonchev–Trinajstić information content (AvgIpc) is 2.47. The highest BCUT2D eigenvalue weighted by molar-refractivity contribution is 5.52. The van der Waals surface area contributed by atoms with E-state index in [0.29, 0.717) is 12.0 Å². The maximum Gasteiger partial charge on any atom is 0.0442 e. The summed E-state index contributed by atoms with van der Waals surface area (Å²) in [6, 6.07) is 2.87. The fourth-order valence-corrected chi connectivity index (χ4v) is 3.06. The van der Waals surface area contributed by atoms with Crippen LogP contribution in [0.3, 0.4) is 0 Å². The van der Waals surface area contributed by atoms with Crippen molar-refractivity contribution in [2.75, 3.05) is 18.5 Å². The smallest absolute Gasteiger partial charge is 0.0442 e. The second-order valence-electron chi connectivity index (χ2n) is 6.43. The van der Waals surface area contributed by atoms with Gasteiger partial charge in [-0.3, -0.25) is 4.98 Å². The molecule has 0 unspecified atom stereocenters. The molecule has 1 fully saturated rings. The quantitative estimate of drug-likeness (QED) is 0.860. The summed E-state index contributed by atoms with van der Waals surface area (Å²) in [6.07, 6.45) is 10.8. The fraction of sp³-hybridized carbons (Fsp3) is 0.706. The van der Waals surface area contributed by atoms with Gasteiger partial charge in [-0.05, 0) is 31.4 Å². The molecule has 0 aromatic carbocycles. The molecule has 0 bridgehead atoms. The summed E-state index contributed by atoms with van der Waals surface area (Å²) in [4.78, 5) is 6.78. The topological polar surface area (TPSA) is 28.2 Å². The summed E-state index contributed by atoms with van der Waals surface area (Å²) in [5, 5.41) is 3.53. The van der Waals surface area contributed by atoms with Gasteiger partial charge >= 0.3 is 0 Å². The highest BCUT2D eigenvalue weighted by Crippen LogP contribution is 2.27. The van der Waals surface area contributed by atoms with Crippen LogP contribution in [0.15, 0.2) is 18.5 Å². The van der Waals surface area contributed by atoms with Crippen LogP contribution in [-0.2, 0) is 6.54 Å². The number of nitrogens with one attached hydrogen (secondary N) is 1. The zero-order chi connectivity index (χ0) is 14.4. The molecular formula is C17H29N3. The zero-order valence-corrected chi connectivity index (χ0v) is 13.2. The third-order valence-corrected chi connectivity index (χ3v) is 4.25. The van der Waals surface area contributed by atoms with Gasteiger partial charge in [0, 0.05) is 43.3 Å². The van der Waals surface area contributed by atoms with Crippen molar-refractivity contribution in [2.45, 2.75) is 58.5 Å². The molecule has 1 aliphatic rings. The maximum atomic E-state index is 4.30. The number of pyridine rings is 1. The Bertz CT molecular complexity index is 397. The molecule has 3 nitrogen and oxygen atoms in total. The minimum Gasteiger partial charge on any atom is -0.371 e. The van der Waals surface area contributed by atoms with Crippen LogP contribution in [0.2, 0.25) is 0 Å². The number of anilines is 1. The lowest BCUT2D eigenvalue weighted by Gasteiger charge is -2.34. The summed E-state index contributed by atoms with van der Waals surface area (Å²) >= 11 is 0. The van der Waals surface area contributed by atoms with Crippen molar-refractivity contribution >= 4 is 5.69 Å². The lowest BCUT2D eigenvalue weighted by atomic mass is 9.94. The summed E-state index contributed by atoms with van der Waals surface area (Å²) in [5.74, 6) is 0.686. The number of hydrogen-bond donors (Lipinski definition) is 1. The summed E-state index contributed by atoms with van der Waals surface area (Å²) in [6.45, 7) is 6.45. The molecule has 1 aliphatic carbocycles. The third-order valence-electron chi connectivity index (χ3n) is 4.25. The monoisotopic (exact) mass is 275 g/mol. The molecule has 2 rings (SSSR count). The maximum absolute atomic E-state index is 4.30. The molecule has 0 aliphatic heterocycles. The molecule has 0 atom stereocenters. The minimum absolute atomic E-state index is 0.686. The highest BCUT2D eigenvalue weighted by Gasteiger charge is 2.20. The van der Waals surface area contributed by atoms with E-state index in [1.807, 2.05) is 12.4 Å². The van der Waals surface area contributed by atoms with Crippen LogP contribution >= 0.6 is 0 Å². The van der Waals surface area contributed by atoms with Crippen molar-refractivity contribution in [1.29, 1.82) is 0 Å². The van der Waals surface area contributed by atoms with Crippen LogP contribution < -0.4 is 10.2 Å². The molecular weight excluding hydrogens is 246 g/mol. The Hall–Kier alpha value is -1.09. The summed E-state index contributed by atoms with van der Waals surface area (Å²) < 4.78 is 0. The molecule has 0 amide bonds. The molecule has 1 heterocycles. The standard InChI is InChI=1S/C17H29N3/c1-14(2)11-19-13-15-12-18-10-9-17(15)20(3)16-7-5-4-6-8-16/h9-10,12,14,16,19H,4-8,11,13H2,1-3H3. The summed E-state index contributed by atoms with van der Waals surface area (Å²) in [7, 11) is 2.25. The van der Waals surface area contributed by atoms with E-state index >= 15 is 0 Å². The van der Waals surface area contributed by atoms with Gasteiger partial charge in [-0.1, -0.05) is 33.1 Å². The van der Waals surface area contributed by atoms with Crippen molar-refractivity contribution in [3.8, 4) is 0 Å². The van der Waals surface area contributed by atoms with Gasteiger partial charge in [0.1, 0.15) is 0 Å². The second kappa shape index (κ2) is 7.63. The predicted octanol–water partition coefficient (Wildman–Crippen LogP) is 3.60. The molecule has 20 heavy (non-hydrogen) atoms. The zero-order valence-electron chi connectivity index (χ0n) is 13.2. The van der Waals surface area contributed by atoms with E-state index in [0.717, 1.165) is 13.1 Å². The van der Waals surface area contributed by atoms with Crippen molar-refractivity contribution in [3.05, 3.63) is 24.0 Å². The van der Waals surface area contributed by atoms with Crippen LogP contribution in [0.25, 0.3) is 0 Å². The van der Waals surface area contributed by atoms with Gasteiger partial charge < -0.3 is 10.2 Å².